The molecule has 3 rings (SSSR count). The molecule has 1 atom stereocenters. The van der Waals surface area contributed by atoms with Crippen LogP contribution in [0.4, 0.5) is 4.39 Å². The van der Waals surface area contributed by atoms with Crippen molar-refractivity contribution in [2.24, 2.45) is 0 Å². The summed E-state index contributed by atoms with van der Waals surface area (Å²) in [6, 6.07) is 9.17. The van der Waals surface area contributed by atoms with Gasteiger partial charge in [-0.15, -0.1) is 11.3 Å². The SMILES string of the molecule is Fc1ccc([C@@H]2NCCc3sccc32)cc1. The van der Waals surface area contributed by atoms with Crippen molar-refractivity contribution in [3.05, 3.63) is 57.5 Å². The van der Waals surface area contributed by atoms with E-state index in [9.17, 15) is 4.39 Å². The van der Waals surface area contributed by atoms with Crippen LogP contribution >= 0.6 is 11.3 Å². The van der Waals surface area contributed by atoms with E-state index in [0.29, 0.717) is 0 Å². The summed E-state index contributed by atoms with van der Waals surface area (Å²) in [7, 11) is 0. The molecule has 0 amide bonds. The second kappa shape index (κ2) is 4.00. The summed E-state index contributed by atoms with van der Waals surface area (Å²) in [5.41, 5.74) is 2.49. The van der Waals surface area contributed by atoms with Crippen LogP contribution in [0.5, 0.6) is 0 Å². The van der Waals surface area contributed by atoms with Crippen LogP contribution in [0.25, 0.3) is 0 Å². The van der Waals surface area contributed by atoms with E-state index in [1.807, 2.05) is 23.5 Å². The quantitative estimate of drug-likeness (QED) is 0.798. The highest BCUT2D eigenvalue weighted by atomic mass is 32.1. The van der Waals surface area contributed by atoms with E-state index in [4.69, 9.17) is 0 Å². The van der Waals surface area contributed by atoms with Gasteiger partial charge in [-0.2, -0.15) is 0 Å². The first kappa shape index (κ1) is 10.00. The number of thiophene rings is 1. The maximum absolute atomic E-state index is 12.9. The number of hydrogen-bond donors (Lipinski definition) is 1. The lowest BCUT2D eigenvalue weighted by atomic mass is 9.95. The van der Waals surface area contributed by atoms with E-state index in [1.165, 1.54) is 22.6 Å². The Bertz CT molecular complexity index is 489. The average Bonchev–Trinajstić information content (AvgIpc) is 2.78. The van der Waals surface area contributed by atoms with Gasteiger partial charge in [-0.3, -0.25) is 0 Å². The maximum Gasteiger partial charge on any atom is 0.123 e. The molecule has 82 valence electrons. The number of rotatable bonds is 1. The zero-order valence-electron chi connectivity index (χ0n) is 8.74. The van der Waals surface area contributed by atoms with E-state index in [0.717, 1.165) is 18.5 Å². The number of benzene rings is 1. The fourth-order valence-corrected chi connectivity index (χ4v) is 3.12. The van der Waals surface area contributed by atoms with Gasteiger partial charge >= 0.3 is 0 Å². The van der Waals surface area contributed by atoms with Gasteiger partial charge in [0.1, 0.15) is 5.82 Å². The molecule has 0 spiro atoms. The van der Waals surface area contributed by atoms with Crippen molar-refractivity contribution in [1.82, 2.24) is 5.32 Å². The number of hydrogen-bond acceptors (Lipinski definition) is 2. The van der Waals surface area contributed by atoms with Crippen molar-refractivity contribution >= 4 is 11.3 Å². The van der Waals surface area contributed by atoms with Crippen molar-refractivity contribution in [2.75, 3.05) is 6.54 Å². The van der Waals surface area contributed by atoms with Gasteiger partial charge in [0.05, 0.1) is 6.04 Å². The topological polar surface area (TPSA) is 12.0 Å². The Hall–Kier alpha value is -1.19. The van der Waals surface area contributed by atoms with Crippen LogP contribution in [0.1, 0.15) is 22.0 Å². The molecule has 0 saturated heterocycles. The van der Waals surface area contributed by atoms with Gasteiger partial charge in [-0.1, -0.05) is 12.1 Å². The highest BCUT2D eigenvalue weighted by Crippen LogP contribution is 2.31. The van der Waals surface area contributed by atoms with Gasteiger partial charge < -0.3 is 5.32 Å². The van der Waals surface area contributed by atoms with Gasteiger partial charge in [-0.05, 0) is 41.1 Å². The summed E-state index contributed by atoms with van der Waals surface area (Å²) in [5.74, 6) is -0.176. The van der Waals surface area contributed by atoms with E-state index >= 15 is 0 Å². The average molecular weight is 233 g/mol. The van der Waals surface area contributed by atoms with E-state index in [1.54, 1.807) is 0 Å². The molecule has 1 nitrogen and oxygen atoms in total. The normalized spacial score (nSPS) is 19.4. The predicted molar refractivity (Wildman–Crippen MR) is 64.3 cm³/mol. The minimum atomic E-state index is -0.176. The van der Waals surface area contributed by atoms with Crippen molar-refractivity contribution in [1.29, 1.82) is 0 Å². The predicted octanol–water partition coefficient (Wildman–Crippen LogP) is 3.12. The van der Waals surface area contributed by atoms with Gasteiger partial charge in [-0.25, -0.2) is 4.39 Å². The summed E-state index contributed by atoms with van der Waals surface area (Å²) < 4.78 is 12.9. The second-order valence-corrected chi connectivity index (χ2v) is 4.99. The molecule has 3 heteroatoms. The summed E-state index contributed by atoms with van der Waals surface area (Å²) in [5, 5.41) is 5.61. The summed E-state index contributed by atoms with van der Waals surface area (Å²) >= 11 is 1.81. The van der Waals surface area contributed by atoms with Crippen LogP contribution in [0.3, 0.4) is 0 Å². The zero-order valence-corrected chi connectivity index (χ0v) is 9.56. The Labute approximate surface area is 97.9 Å². The molecule has 1 aromatic heterocycles. The van der Waals surface area contributed by atoms with Gasteiger partial charge in [0.15, 0.2) is 0 Å². The molecule has 1 aliphatic rings. The van der Waals surface area contributed by atoms with Crippen molar-refractivity contribution in [2.45, 2.75) is 12.5 Å². The molecule has 1 N–H and O–H groups in total. The number of fused-ring (bicyclic) bond motifs is 1. The van der Waals surface area contributed by atoms with E-state index < -0.39 is 0 Å². The smallest absolute Gasteiger partial charge is 0.123 e. The third kappa shape index (κ3) is 1.66. The van der Waals surface area contributed by atoms with Crippen LogP contribution in [0, 0.1) is 5.82 Å². The Balaban J connectivity index is 2.00. The van der Waals surface area contributed by atoms with Crippen LogP contribution in [0.2, 0.25) is 0 Å². The minimum absolute atomic E-state index is 0.176. The molecule has 0 unspecified atom stereocenters. The Kier molecular flexibility index (Phi) is 2.50. The molecule has 0 radical (unpaired) electrons. The number of halogens is 1. The minimum Gasteiger partial charge on any atom is -0.306 e. The van der Waals surface area contributed by atoms with Crippen LogP contribution < -0.4 is 5.32 Å². The summed E-state index contributed by atoms with van der Waals surface area (Å²) in [4.78, 5) is 1.45. The Morgan fingerprint density at radius 1 is 1.19 bits per heavy atom. The van der Waals surface area contributed by atoms with Crippen molar-refractivity contribution < 1.29 is 4.39 Å². The summed E-state index contributed by atoms with van der Waals surface area (Å²) in [6.45, 7) is 0.996. The first-order valence-corrected chi connectivity index (χ1v) is 6.27. The van der Waals surface area contributed by atoms with Crippen molar-refractivity contribution in [3.63, 3.8) is 0 Å². The molecule has 0 aliphatic carbocycles. The summed E-state index contributed by atoms with van der Waals surface area (Å²) in [6.07, 6.45) is 1.10. The first-order valence-electron chi connectivity index (χ1n) is 5.40. The molecular formula is C13H12FNS. The highest BCUT2D eigenvalue weighted by molar-refractivity contribution is 7.10. The molecule has 2 aromatic rings. The molecule has 0 bridgehead atoms. The molecule has 2 heterocycles. The molecule has 1 aromatic carbocycles. The fourth-order valence-electron chi connectivity index (χ4n) is 2.20. The van der Waals surface area contributed by atoms with E-state index in [2.05, 4.69) is 16.8 Å². The molecule has 1 aliphatic heterocycles. The molecule has 0 fully saturated rings. The third-order valence-corrected chi connectivity index (χ3v) is 3.99. The molecule has 16 heavy (non-hydrogen) atoms. The largest absolute Gasteiger partial charge is 0.306 e. The third-order valence-electron chi connectivity index (χ3n) is 2.99. The lowest BCUT2D eigenvalue weighted by Crippen LogP contribution is -2.29. The lowest BCUT2D eigenvalue weighted by Gasteiger charge is -2.24. The molecular weight excluding hydrogens is 221 g/mol. The van der Waals surface area contributed by atoms with E-state index in [-0.39, 0.29) is 11.9 Å². The Morgan fingerprint density at radius 2 is 2.00 bits per heavy atom. The fraction of sp³-hybridized carbons (Fsp3) is 0.231. The standard InChI is InChI=1S/C13H12FNS/c14-10-3-1-9(2-4-10)13-11-6-8-16-12(11)5-7-15-13/h1-4,6,8,13,15H,5,7H2/t13-/m0/s1. The monoisotopic (exact) mass is 233 g/mol. The second-order valence-electron chi connectivity index (χ2n) is 3.99. The van der Waals surface area contributed by atoms with Crippen LogP contribution in [-0.2, 0) is 6.42 Å². The van der Waals surface area contributed by atoms with Gasteiger partial charge in [0.25, 0.3) is 0 Å². The lowest BCUT2D eigenvalue weighted by molar-refractivity contribution is 0.571. The number of nitrogens with one attached hydrogen (secondary N) is 1. The van der Waals surface area contributed by atoms with Gasteiger partial charge in [0, 0.05) is 11.4 Å². The highest BCUT2D eigenvalue weighted by Gasteiger charge is 2.21. The molecule has 0 saturated carbocycles. The van der Waals surface area contributed by atoms with Crippen LogP contribution in [-0.4, -0.2) is 6.54 Å². The van der Waals surface area contributed by atoms with Crippen LogP contribution in [0.15, 0.2) is 35.7 Å². The Morgan fingerprint density at radius 3 is 2.81 bits per heavy atom. The first-order chi connectivity index (χ1) is 7.84. The zero-order chi connectivity index (χ0) is 11.0. The maximum atomic E-state index is 12.9. The van der Waals surface area contributed by atoms with Gasteiger partial charge in [0.2, 0.25) is 0 Å². The van der Waals surface area contributed by atoms with Crippen molar-refractivity contribution in [3.8, 4) is 0 Å².